The van der Waals surface area contributed by atoms with E-state index in [1.54, 1.807) is 18.2 Å². The number of nitrogens with zero attached hydrogens (tertiary/aromatic N) is 1. The number of hydrogen-bond donors (Lipinski definition) is 3. The van der Waals surface area contributed by atoms with Crippen LogP contribution in [-0.2, 0) is 16.6 Å². The Labute approximate surface area is 110 Å². The van der Waals surface area contributed by atoms with Crippen molar-refractivity contribution in [3.05, 3.63) is 36.0 Å². The van der Waals surface area contributed by atoms with Gasteiger partial charge in [0.2, 0.25) is 0 Å². The first-order valence-corrected chi connectivity index (χ1v) is 6.92. The van der Waals surface area contributed by atoms with Crippen LogP contribution >= 0.6 is 0 Å². The van der Waals surface area contributed by atoms with Gasteiger partial charge in [-0.25, -0.2) is 13.1 Å². The van der Waals surface area contributed by atoms with Gasteiger partial charge in [-0.2, -0.15) is 5.10 Å². The van der Waals surface area contributed by atoms with Crippen LogP contribution in [0.3, 0.4) is 0 Å². The average Bonchev–Trinajstić information content (AvgIpc) is 2.91. The van der Waals surface area contributed by atoms with E-state index in [1.165, 1.54) is 19.4 Å². The Bertz CT molecular complexity index is 653. The molecule has 8 heteroatoms. The zero-order valence-electron chi connectivity index (χ0n) is 10.3. The second-order valence-corrected chi connectivity index (χ2v) is 5.56. The highest BCUT2D eigenvalue weighted by molar-refractivity contribution is 7.89. The van der Waals surface area contributed by atoms with Gasteiger partial charge in [0.1, 0.15) is 5.75 Å². The van der Waals surface area contributed by atoms with Crippen molar-refractivity contribution in [1.82, 2.24) is 14.9 Å². The average molecular weight is 282 g/mol. The molecule has 0 bridgehead atoms. The lowest BCUT2D eigenvalue weighted by Gasteiger charge is -2.08. The molecule has 4 N–H and O–H groups in total. The topological polar surface area (TPSA) is 110 Å². The Hall–Kier alpha value is -2.06. The molecule has 1 aromatic carbocycles. The number of sulfonamides is 1. The molecule has 0 saturated heterocycles. The van der Waals surface area contributed by atoms with Crippen LogP contribution < -0.4 is 15.2 Å². The number of nitrogen functional groups attached to an aromatic ring is 1. The Morgan fingerprint density at radius 2 is 2.21 bits per heavy atom. The van der Waals surface area contributed by atoms with Gasteiger partial charge in [0, 0.05) is 6.54 Å². The van der Waals surface area contributed by atoms with Crippen LogP contribution in [0.25, 0.3) is 0 Å². The zero-order chi connectivity index (χ0) is 13.9. The molecular formula is C11H14N4O3S. The molecule has 2 aromatic rings. The summed E-state index contributed by atoms with van der Waals surface area (Å²) in [5, 5.41) is 6.02. The van der Waals surface area contributed by atoms with Crippen LogP contribution in [-0.4, -0.2) is 25.7 Å². The molecule has 0 atom stereocenters. The van der Waals surface area contributed by atoms with Crippen molar-refractivity contribution in [1.29, 1.82) is 0 Å². The van der Waals surface area contributed by atoms with Gasteiger partial charge in [0.15, 0.2) is 5.03 Å². The van der Waals surface area contributed by atoms with Gasteiger partial charge in [-0.15, -0.1) is 0 Å². The fraction of sp³-hybridized carbons (Fsp3) is 0.182. The van der Waals surface area contributed by atoms with E-state index in [0.29, 0.717) is 11.4 Å². The van der Waals surface area contributed by atoms with Gasteiger partial charge in [0.05, 0.1) is 19.0 Å². The van der Waals surface area contributed by atoms with Gasteiger partial charge in [-0.3, -0.25) is 5.10 Å². The predicted molar refractivity (Wildman–Crippen MR) is 70.0 cm³/mol. The van der Waals surface area contributed by atoms with Crippen LogP contribution in [0.15, 0.2) is 35.5 Å². The SMILES string of the molecule is COc1ccc(CNS(=O)(=O)c2ccn[nH]2)cc1N. The minimum absolute atomic E-state index is 0.0222. The lowest BCUT2D eigenvalue weighted by molar-refractivity contribution is 0.417. The second-order valence-electron chi connectivity index (χ2n) is 3.82. The minimum atomic E-state index is -3.58. The lowest BCUT2D eigenvalue weighted by atomic mass is 10.2. The van der Waals surface area contributed by atoms with E-state index in [9.17, 15) is 8.42 Å². The van der Waals surface area contributed by atoms with E-state index in [0.717, 1.165) is 5.56 Å². The first-order valence-electron chi connectivity index (χ1n) is 5.44. The summed E-state index contributed by atoms with van der Waals surface area (Å²) in [6.45, 7) is 0.134. The fourth-order valence-corrected chi connectivity index (χ4v) is 2.47. The molecule has 0 aliphatic heterocycles. The molecule has 0 radical (unpaired) electrons. The first kappa shape index (κ1) is 13.4. The second kappa shape index (κ2) is 5.29. The third-order valence-corrected chi connectivity index (χ3v) is 3.86. The third kappa shape index (κ3) is 3.04. The van der Waals surface area contributed by atoms with Crippen molar-refractivity contribution in [2.45, 2.75) is 11.6 Å². The number of aromatic nitrogens is 2. The molecule has 0 fully saturated rings. The predicted octanol–water partition coefficient (Wildman–Crippen LogP) is 0.479. The molecule has 19 heavy (non-hydrogen) atoms. The van der Waals surface area contributed by atoms with Crippen LogP contribution in [0, 0.1) is 0 Å². The number of methoxy groups -OCH3 is 1. The van der Waals surface area contributed by atoms with Crippen LogP contribution in [0.5, 0.6) is 5.75 Å². The highest BCUT2D eigenvalue weighted by atomic mass is 32.2. The molecule has 0 unspecified atom stereocenters. The summed E-state index contributed by atoms with van der Waals surface area (Å²) < 4.78 is 31.1. The van der Waals surface area contributed by atoms with E-state index in [1.807, 2.05) is 0 Å². The molecule has 7 nitrogen and oxygen atoms in total. The number of aromatic amines is 1. The maximum Gasteiger partial charge on any atom is 0.257 e. The van der Waals surface area contributed by atoms with Gasteiger partial charge in [-0.05, 0) is 23.8 Å². The number of H-pyrrole nitrogens is 1. The molecule has 0 saturated carbocycles. The van der Waals surface area contributed by atoms with E-state index >= 15 is 0 Å². The number of rotatable bonds is 5. The molecule has 1 heterocycles. The monoisotopic (exact) mass is 282 g/mol. The Balaban J connectivity index is 2.09. The zero-order valence-corrected chi connectivity index (χ0v) is 11.1. The van der Waals surface area contributed by atoms with Gasteiger partial charge >= 0.3 is 0 Å². The number of ether oxygens (including phenoxy) is 1. The van der Waals surface area contributed by atoms with Crippen molar-refractivity contribution < 1.29 is 13.2 Å². The first-order chi connectivity index (χ1) is 9.03. The molecule has 1 aromatic heterocycles. The standard InChI is InChI=1S/C11H14N4O3S/c1-18-10-3-2-8(6-9(10)12)7-14-19(16,17)11-4-5-13-15-11/h2-6,14H,7,12H2,1H3,(H,13,15). The summed E-state index contributed by atoms with van der Waals surface area (Å²) in [5.41, 5.74) is 6.94. The summed E-state index contributed by atoms with van der Waals surface area (Å²) in [5.74, 6) is 0.556. The van der Waals surface area contributed by atoms with Crippen LogP contribution in [0.4, 0.5) is 5.69 Å². The Kier molecular flexibility index (Phi) is 3.72. The number of anilines is 1. The lowest BCUT2D eigenvalue weighted by Crippen LogP contribution is -2.23. The maximum absolute atomic E-state index is 11.8. The largest absolute Gasteiger partial charge is 0.495 e. The third-order valence-electron chi connectivity index (χ3n) is 2.53. The summed E-state index contributed by atoms with van der Waals surface area (Å²) in [6, 6.07) is 6.47. The number of hydrogen-bond acceptors (Lipinski definition) is 5. The van der Waals surface area contributed by atoms with Crippen LogP contribution in [0.2, 0.25) is 0 Å². The summed E-state index contributed by atoms with van der Waals surface area (Å²) in [4.78, 5) is 0. The normalized spacial score (nSPS) is 11.4. The highest BCUT2D eigenvalue weighted by Gasteiger charge is 2.14. The van der Waals surface area contributed by atoms with Crippen molar-refractivity contribution in [3.63, 3.8) is 0 Å². The van der Waals surface area contributed by atoms with E-state index in [2.05, 4.69) is 14.9 Å². The van der Waals surface area contributed by atoms with Gasteiger partial charge < -0.3 is 10.5 Å². The number of nitrogens with one attached hydrogen (secondary N) is 2. The molecule has 0 aliphatic carbocycles. The van der Waals surface area contributed by atoms with Crippen molar-refractivity contribution in [2.24, 2.45) is 0 Å². The number of benzene rings is 1. The Morgan fingerprint density at radius 1 is 1.42 bits per heavy atom. The highest BCUT2D eigenvalue weighted by Crippen LogP contribution is 2.21. The maximum atomic E-state index is 11.8. The Morgan fingerprint density at radius 3 is 2.79 bits per heavy atom. The molecule has 2 rings (SSSR count). The number of nitrogens with two attached hydrogens (primary N) is 1. The van der Waals surface area contributed by atoms with E-state index < -0.39 is 10.0 Å². The van der Waals surface area contributed by atoms with Crippen molar-refractivity contribution in [3.8, 4) is 5.75 Å². The van der Waals surface area contributed by atoms with Crippen LogP contribution in [0.1, 0.15) is 5.56 Å². The van der Waals surface area contributed by atoms with Crippen molar-refractivity contribution in [2.75, 3.05) is 12.8 Å². The summed E-state index contributed by atoms with van der Waals surface area (Å²) in [7, 11) is -2.06. The van der Waals surface area contributed by atoms with Gasteiger partial charge in [0.25, 0.3) is 10.0 Å². The molecular weight excluding hydrogens is 268 g/mol. The molecule has 0 spiro atoms. The van der Waals surface area contributed by atoms with E-state index in [-0.39, 0.29) is 11.6 Å². The fourth-order valence-electron chi connectivity index (χ4n) is 1.54. The minimum Gasteiger partial charge on any atom is -0.495 e. The smallest absolute Gasteiger partial charge is 0.257 e. The quantitative estimate of drug-likeness (QED) is 0.691. The van der Waals surface area contributed by atoms with Crippen molar-refractivity contribution >= 4 is 15.7 Å². The molecule has 0 aliphatic rings. The molecule has 102 valence electrons. The molecule has 0 amide bonds. The summed E-state index contributed by atoms with van der Waals surface area (Å²) >= 11 is 0. The summed E-state index contributed by atoms with van der Waals surface area (Å²) in [6.07, 6.45) is 1.37. The van der Waals surface area contributed by atoms with Gasteiger partial charge in [-0.1, -0.05) is 6.07 Å². The van der Waals surface area contributed by atoms with E-state index in [4.69, 9.17) is 10.5 Å².